The monoisotopic (exact) mass is 423 g/mol. The molecule has 2 aromatic carbocycles. The molecule has 0 spiro atoms. The van der Waals surface area contributed by atoms with Crippen LogP contribution in [0.4, 0.5) is 20.2 Å². The fraction of sp³-hybridized carbons (Fsp3) is 0.188. The number of hydrogen-bond acceptors (Lipinski definition) is 1. The third-order valence-corrected chi connectivity index (χ3v) is 8.32. The van der Waals surface area contributed by atoms with Crippen molar-refractivity contribution in [2.45, 2.75) is 19.9 Å². The van der Waals surface area contributed by atoms with Gasteiger partial charge in [-0.05, 0) is 0 Å². The van der Waals surface area contributed by atoms with Crippen LogP contribution < -0.4 is 9.34 Å². The predicted molar refractivity (Wildman–Crippen MR) is 105 cm³/mol. The van der Waals surface area contributed by atoms with Gasteiger partial charge in [0.25, 0.3) is 0 Å². The molecule has 0 aliphatic carbocycles. The van der Waals surface area contributed by atoms with E-state index in [1.807, 2.05) is 13.8 Å². The van der Waals surface area contributed by atoms with Crippen LogP contribution in [-0.4, -0.2) is 12.0 Å². The first-order chi connectivity index (χ1) is 11.6. The van der Waals surface area contributed by atoms with E-state index in [1.165, 1.54) is 45.7 Å². The van der Waals surface area contributed by atoms with Gasteiger partial charge in [0.1, 0.15) is 0 Å². The summed E-state index contributed by atoms with van der Waals surface area (Å²) in [6, 6.07) is 11.7. The summed E-state index contributed by atoms with van der Waals surface area (Å²) in [5.74, 6) is -0.908. The number of halogens is 5. The second-order valence-corrected chi connectivity index (χ2v) is 15.4. The molecule has 1 saturated heterocycles. The summed E-state index contributed by atoms with van der Waals surface area (Å²) in [5, 5.41) is 0. The average Bonchev–Trinajstić information content (AvgIpc) is 2.50. The van der Waals surface area contributed by atoms with E-state index in [1.54, 1.807) is 12.1 Å². The van der Waals surface area contributed by atoms with Gasteiger partial charge in [0, 0.05) is 0 Å². The standard InChI is InChI=1S/C16H15Cl3F2N3P/c1-11(2)22-16-23(14-9-5-3-7-12(14)20)25(17,18,19)24(16)15-10-6-4-8-13(15)21/h3-11H,1-2H3. The van der Waals surface area contributed by atoms with E-state index in [4.69, 9.17) is 33.7 Å². The summed E-state index contributed by atoms with van der Waals surface area (Å²) in [6.45, 7) is 3.66. The van der Waals surface area contributed by atoms with Crippen LogP contribution in [0.15, 0.2) is 53.5 Å². The first kappa shape index (κ1) is 18.7. The van der Waals surface area contributed by atoms with E-state index in [-0.39, 0.29) is 23.4 Å². The second-order valence-electron chi connectivity index (χ2n) is 5.78. The fourth-order valence-electron chi connectivity index (χ4n) is 2.57. The Morgan fingerprint density at radius 2 is 1.24 bits per heavy atom. The van der Waals surface area contributed by atoms with E-state index in [2.05, 4.69) is 4.99 Å². The zero-order valence-electron chi connectivity index (χ0n) is 13.4. The molecular weight excluding hydrogens is 410 g/mol. The molecule has 1 aliphatic heterocycles. The Balaban J connectivity index is 2.21. The van der Waals surface area contributed by atoms with Crippen molar-refractivity contribution in [2.75, 3.05) is 9.34 Å². The molecule has 1 fully saturated rings. The topological polar surface area (TPSA) is 18.8 Å². The van der Waals surface area contributed by atoms with Crippen molar-refractivity contribution < 1.29 is 8.78 Å². The fourth-order valence-corrected chi connectivity index (χ4v) is 7.16. The van der Waals surface area contributed by atoms with Gasteiger partial charge < -0.3 is 0 Å². The molecule has 3 rings (SSSR count). The molecule has 0 atom stereocenters. The molecule has 25 heavy (non-hydrogen) atoms. The van der Waals surface area contributed by atoms with Crippen LogP contribution in [0, 0.1) is 11.6 Å². The van der Waals surface area contributed by atoms with E-state index in [9.17, 15) is 8.78 Å². The number of hydrogen-bond donors (Lipinski definition) is 0. The summed E-state index contributed by atoms with van der Waals surface area (Å²) in [6.07, 6.45) is 0. The Hall–Kier alpha value is -1.13. The number of benzene rings is 2. The molecule has 9 heteroatoms. The van der Waals surface area contributed by atoms with Crippen molar-refractivity contribution in [1.29, 1.82) is 0 Å². The van der Waals surface area contributed by atoms with Crippen LogP contribution in [-0.2, 0) is 0 Å². The summed E-state index contributed by atoms with van der Waals surface area (Å²) in [4.78, 5) is 0.0338. The molecule has 0 radical (unpaired) electrons. The number of anilines is 2. The predicted octanol–water partition coefficient (Wildman–Crippen LogP) is 6.90. The van der Waals surface area contributed by atoms with Crippen LogP contribution in [0.2, 0.25) is 0 Å². The van der Waals surface area contributed by atoms with Gasteiger partial charge in [0.15, 0.2) is 0 Å². The number of guanidine groups is 1. The number of nitrogens with zero attached hydrogens (tertiary/aromatic N) is 3. The zero-order chi connectivity index (χ0) is 18.4. The number of rotatable bonds is 3. The first-order valence-electron chi connectivity index (χ1n) is 7.47. The molecule has 3 nitrogen and oxygen atoms in total. The number of aliphatic imine (C=N–C) groups is 1. The van der Waals surface area contributed by atoms with Gasteiger partial charge in [0.05, 0.1) is 0 Å². The van der Waals surface area contributed by atoms with Gasteiger partial charge in [-0.15, -0.1) is 0 Å². The van der Waals surface area contributed by atoms with Gasteiger partial charge in [-0.3, -0.25) is 0 Å². The SMILES string of the molecule is CC(C)N=C1N(c2ccccc2F)P(Cl)(Cl)(Cl)N1c1ccccc1F. The van der Waals surface area contributed by atoms with E-state index in [0.29, 0.717) is 0 Å². The molecule has 1 heterocycles. The second kappa shape index (κ2) is 6.24. The molecule has 0 aromatic heterocycles. The first-order valence-corrected chi connectivity index (χ1v) is 12.3. The maximum atomic E-state index is 14.3. The van der Waals surface area contributed by atoms with Gasteiger partial charge in [-0.2, -0.15) is 0 Å². The summed E-state index contributed by atoms with van der Waals surface area (Å²) < 4.78 is 31.2. The molecule has 0 amide bonds. The third-order valence-electron chi connectivity index (χ3n) is 3.55. The van der Waals surface area contributed by atoms with Crippen molar-refractivity contribution in [3.8, 4) is 0 Å². The zero-order valence-corrected chi connectivity index (χ0v) is 16.5. The van der Waals surface area contributed by atoms with E-state index < -0.39 is 16.6 Å². The van der Waals surface area contributed by atoms with Crippen LogP contribution in [0.5, 0.6) is 0 Å². The van der Waals surface area contributed by atoms with Crippen molar-refractivity contribution in [2.24, 2.45) is 4.99 Å². The summed E-state index contributed by atoms with van der Waals surface area (Å²) in [5.41, 5.74) is 0.180. The molecule has 134 valence electrons. The summed E-state index contributed by atoms with van der Waals surface area (Å²) in [7, 11) is 0. The average molecular weight is 425 g/mol. The molecule has 2 aromatic rings. The van der Waals surface area contributed by atoms with Crippen LogP contribution >= 0.6 is 38.7 Å². The van der Waals surface area contributed by atoms with Gasteiger partial charge >= 0.3 is 159 Å². The molecule has 1 aliphatic rings. The normalized spacial score (nSPS) is 20.0. The van der Waals surface area contributed by atoms with E-state index in [0.717, 1.165) is 0 Å². The Morgan fingerprint density at radius 3 is 1.60 bits per heavy atom. The third kappa shape index (κ3) is 3.08. The van der Waals surface area contributed by atoms with Gasteiger partial charge in [-0.1, -0.05) is 0 Å². The molecule has 0 N–H and O–H groups in total. The van der Waals surface area contributed by atoms with E-state index >= 15 is 0 Å². The van der Waals surface area contributed by atoms with Crippen LogP contribution in [0.1, 0.15) is 13.8 Å². The van der Waals surface area contributed by atoms with Crippen molar-refractivity contribution in [1.82, 2.24) is 0 Å². The molecule has 0 unspecified atom stereocenters. The van der Waals surface area contributed by atoms with Crippen molar-refractivity contribution >= 4 is 56.0 Å². The number of para-hydroxylation sites is 2. The van der Waals surface area contributed by atoms with Crippen LogP contribution in [0.3, 0.4) is 0 Å². The van der Waals surface area contributed by atoms with Crippen molar-refractivity contribution in [3.63, 3.8) is 0 Å². The molecular formula is C16H15Cl3F2N3P. The van der Waals surface area contributed by atoms with Gasteiger partial charge in [0.2, 0.25) is 0 Å². The van der Waals surface area contributed by atoms with Crippen molar-refractivity contribution in [3.05, 3.63) is 60.2 Å². The minimum atomic E-state index is -4.40. The Kier molecular flexibility index (Phi) is 4.66. The van der Waals surface area contributed by atoms with Gasteiger partial charge in [-0.25, -0.2) is 0 Å². The Morgan fingerprint density at radius 1 is 0.840 bits per heavy atom. The summed E-state index contributed by atoms with van der Waals surface area (Å²) >= 11 is 19.7. The molecule has 0 saturated carbocycles. The maximum absolute atomic E-state index is 14.3. The van der Waals surface area contributed by atoms with Crippen LogP contribution in [0.25, 0.3) is 0 Å². The Labute approximate surface area is 159 Å². The molecule has 0 bridgehead atoms. The quantitative estimate of drug-likeness (QED) is 0.499. The Bertz CT molecular complexity index is 792. The minimum absolute atomic E-state index is 0.0900.